The van der Waals surface area contributed by atoms with Crippen LogP contribution in [0.5, 0.6) is 5.75 Å². The molecule has 0 radical (unpaired) electrons. The van der Waals surface area contributed by atoms with Gasteiger partial charge in [0, 0.05) is 23.6 Å². The number of benzene rings is 1. The van der Waals surface area contributed by atoms with Crippen LogP contribution in [0.1, 0.15) is 23.2 Å². The number of amides is 1. The number of carbonyl (C=O) groups is 1. The minimum atomic E-state index is -0.0941. The fraction of sp³-hybridized carbons (Fsp3) is 0.462. The van der Waals surface area contributed by atoms with E-state index in [-0.39, 0.29) is 24.1 Å². The summed E-state index contributed by atoms with van der Waals surface area (Å²) in [5, 5.41) is 13.0. The third kappa shape index (κ3) is 3.84. The topological polar surface area (TPSA) is 52.6 Å². The molecule has 0 aromatic heterocycles. The maximum absolute atomic E-state index is 12.3. The third-order valence-corrected chi connectivity index (χ3v) is 3.87. The lowest BCUT2D eigenvalue weighted by molar-refractivity contribution is 0.0704. The van der Waals surface area contributed by atoms with E-state index >= 15 is 0 Å². The van der Waals surface area contributed by atoms with Gasteiger partial charge in [0.2, 0.25) is 0 Å². The van der Waals surface area contributed by atoms with E-state index in [2.05, 4.69) is 21.2 Å². The second kappa shape index (κ2) is 7.12. The van der Waals surface area contributed by atoms with Gasteiger partial charge in [0.15, 0.2) is 0 Å². The van der Waals surface area contributed by atoms with E-state index in [1.807, 2.05) is 7.05 Å². The second-order valence-electron chi connectivity index (χ2n) is 4.52. The standard InChI is InChI=1S/C13H17BrN2O2.ClH/c1-15-10-4-6-16(7-5-10)13(18)11-8-9(14)2-3-12(11)17;/h2-3,8,10,15,17H,4-7H2,1H3;1H. The van der Waals surface area contributed by atoms with E-state index in [0.29, 0.717) is 11.6 Å². The number of nitrogens with one attached hydrogen (secondary N) is 1. The van der Waals surface area contributed by atoms with Crippen molar-refractivity contribution in [3.05, 3.63) is 28.2 Å². The first-order valence-corrected chi connectivity index (χ1v) is 6.86. The van der Waals surface area contributed by atoms with E-state index in [9.17, 15) is 9.90 Å². The third-order valence-electron chi connectivity index (χ3n) is 3.38. The minimum absolute atomic E-state index is 0. The number of rotatable bonds is 2. The number of hydrogen-bond acceptors (Lipinski definition) is 3. The summed E-state index contributed by atoms with van der Waals surface area (Å²) in [6, 6.07) is 5.42. The van der Waals surface area contributed by atoms with Crippen molar-refractivity contribution in [1.29, 1.82) is 0 Å². The maximum Gasteiger partial charge on any atom is 0.257 e. The van der Waals surface area contributed by atoms with Crippen LogP contribution in [0, 0.1) is 0 Å². The number of phenolic OH excluding ortho intramolecular Hbond substituents is 1. The first-order chi connectivity index (χ1) is 8.61. The molecular formula is C13H18BrClN2O2. The Balaban J connectivity index is 0.00000180. The first kappa shape index (κ1) is 16.3. The van der Waals surface area contributed by atoms with Gasteiger partial charge in [0.1, 0.15) is 5.75 Å². The number of carbonyl (C=O) groups excluding carboxylic acids is 1. The van der Waals surface area contributed by atoms with Gasteiger partial charge in [-0.3, -0.25) is 4.79 Å². The highest BCUT2D eigenvalue weighted by Gasteiger charge is 2.24. The van der Waals surface area contributed by atoms with Crippen LogP contribution in [0.2, 0.25) is 0 Å². The average molecular weight is 350 g/mol. The van der Waals surface area contributed by atoms with Gasteiger partial charge in [0.25, 0.3) is 5.91 Å². The maximum atomic E-state index is 12.3. The van der Waals surface area contributed by atoms with Gasteiger partial charge in [-0.2, -0.15) is 0 Å². The monoisotopic (exact) mass is 348 g/mol. The summed E-state index contributed by atoms with van der Waals surface area (Å²) >= 11 is 3.32. The molecule has 0 bridgehead atoms. The van der Waals surface area contributed by atoms with Gasteiger partial charge in [0.05, 0.1) is 5.56 Å². The van der Waals surface area contributed by atoms with E-state index in [1.54, 1.807) is 17.0 Å². The minimum Gasteiger partial charge on any atom is -0.507 e. The van der Waals surface area contributed by atoms with Gasteiger partial charge in [-0.15, -0.1) is 12.4 Å². The highest BCUT2D eigenvalue weighted by atomic mass is 79.9. The molecular weight excluding hydrogens is 332 g/mol. The Morgan fingerprint density at radius 2 is 2.05 bits per heavy atom. The van der Waals surface area contributed by atoms with Crippen molar-refractivity contribution < 1.29 is 9.90 Å². The molecule has 0 saturated carbocycles. The van der Waals surface area contributed by atoms with Crippen molar-refractivity contribution in [2.24, 2.45) is 0 Å². The van der Waals surface area contributed by atoms with Crippen molar-refractivity contribution in [3.63, 3.8) is 0 Å². The SMILES string of the molecule is CNC1CCN(C(=O)c2cc(Br)ccc2O)CC1.Cl. The van der Waals surface area contributed by atoms with Gasteiger partial charge in [-0.05, 0) is 38.1 Å². The van der Waals surface area contributed by atoms with E-state index in [1.165, 1.54) is 6.07 Å². The lowest BCUT2D eigenvalue weighted by atomic mass is 10.0. The van der Waals surface area contributed by atoms with E-state index in [0.717, 1.165) is 30.4 Å². The molecule has 106 valence electrons. The fourth-order valence-electron chi connectivity index (χ4n) is 2.22. The molecule has 1 amide bonds. The lowest BCUT2D eigenvalue weighted by Gasteiger charge is -2.32. The normalized spacial score (nSPS) is 16.0. The Hall–Kier alpha value is -0.780. The van der Waals surface area contributed by atoms with Crippen LogP contribution in [0.4, 0.5) is 0 Å². The molecule has 0 unspecified atom stereocenters. The van der Waals surface area contributed by atoms with Crippen LogP contribution < -0.4 is 5.32 Å². The molecule has 2 N–H and O–H groups in total. The molecule has 1 saturated heterocycles. The van der Waals surface area contributed by atoms with Crippen molar-refractivity contribution >= 4 is 34.2 Å². The highest BCUT2D eigenvalue weighted by Crippen LogP contribution is 2.24. The largest absolute Gasteiger partial charge is 0.507 e. The van der Waals surface area contributed by atoms with Crippen LogP contribution in [-0.4, -0.2) is 42.1 Å². The summed E-state index contributed by atoms with van der Waals surface area (Å²) in [5.74, 6) is -0.0534. The van der Waals surface area contributed by atoms with Gasteiger partial charge >= 0.3 is 0 Å². The Labute approximate surface area is 127 Å². The van der Waals surface area contributed by atoms with Gasteiger partial charge in [-0.25, -0.2) is 0 Å². The zero-order valence-electron chi connectivity index (χ0n) is 10.7. The number of nitrogens with zero attached hydrogens (tertiary/aromatic N) is 1. The smallest absolute Gasteiger partial charge is 0.257 e. The zero-order valence-corrected chi connectivity index (χ0v) is 13.1. The molecule has 2 rings (SSSR count). The predicted octanol–water partition coefficient (Wildman–Crippen LogP) is 2.40. The average Bonchev–Trinajstić information content (AvgIpc) is 2.41. The molecule has 6 heteroatoms. The lowest BCUT2D eigenvalue weighted by Crippen LogP contribution is -2.43. The van der Waals surface area contributed by atoms with Crippen LogP contribution in [-0.2, 0) is 0 Å². The summed E-state index contributed by atoms with van der Waals surface area (Å²) < 4.78 is 0.800. The highest BCUT2D eigenvalue weighted by molar-refractivity contribution is 9.10. The molecule has 19 heavy (non-hydrogen) atoms. The Morgan fingerprint density at radius 1 is 1.42 bits per heavy atom. The van der Waals surface area contributed by atoms with E-state index < -0.39 is 0 Å². The number of likely N-dealkylation sites (tertiary alicyclic amines) is 1. The van der Waals surface area contributed by atoms with Crippen molar-refractivity contribution in [1.82, 2.24) is 10.2 Å². The van der Waals surface area contributed by atoms with Crippen molar-refractivity contribution in [2.45, 2.75) is 18.9 Å². The zero-order chi connectivity index (χ0) is 13.1. The predicted molar refractivity (Wildman–Crippen MR) is 81.0 cm³/mol. The number of hydrogen-bond donors (Lipinski definition) is 2. The van der Waals surface area contributed by atoms with Crippen molar-refractivity contribution in [3.8, 4) is 5.75 Å². The molecule has 0 spiro atoms. The molecule has 4 nitrogen and oxygen atoms in total. The summed E-state index contributed by atoms with van der Waals surface area (Å²) in [4.78, 5) is 14.1. The molecule has 0 atom stereocenters. The number of halogens is 2. The number of phenols is 1. The first-order valence-electron chi connectivity index (χ1n) is 6.07. The summed E-state index contributed by atoms with van der Waals surface area (Å²) in [6.07, 6.45) is 1.91. The number of aromatic hydroxyl groups is 1. The molecule has 1 aliphatic heterocycles. The Kier molecular flexibility index (Phi) is 6.10. The molecule has 0 aliphatic carbocycles. The van der Waals surface area contributed by atoms with Crippen molar-refractivity contribution in [2.75, 3.05) is 20.1 Å². The van der Waals surface area contributed by atoms with Crippen LogP contribution in [0.25, 0.3) is 0 Å². The molecule has 1 aliphatic rings. The molecule has 1 aromatic rings. The Bertz CT molecular complexity index is 448. The van der Waals surface area contributed by atoms with E-state index in [4.69, 9.17) is 0 Å². The van der Waals surface area contributed by atoms with Crippen LogP contribution >= 0.6 is 28.3 Å². The van der Waals surface area contributed by atoms with Crippen LogP contribution in [0.15, 0.2) is 22.7 Å². The fourth-order valence-corrected chi connectivity index (χ4v) is 2.58. The second-order valence-corrected chi connectivity index (χ2v) is 5.43. The summed E-state index contributed by atoms with van der Waals surface area (Å²) in [7, 11) is 1.95. The Morgan fingerprint density at radius 3 is 2.63 bits per heavy atom. The summed E-state index contributed by atoms with van der Waals surface area (Å²) in [6.45, 7) is 1.46. The van der Waals surface area contributed by atoms with Gasteiger partial charge in [-0.1, -0.05) is 15.9 Å². The quantitative estimate of drug-likeness (QED) is 0.862. The summed E-state index contributed by atoms with van der Waals surface area (Å²) in [5.41, 5.74) is 0.368. The molecule has 1 aromatic carbocycles. The van der Waals surface area contributed by atoms with Gasteiger partial charge < -0.3 is 15.3 Å². The molecule has 1 fully saturated rings. The van der Waals surface area contributed by atoms with Crippen LogP contribution in [0.3, 0.4) is 0 Å². The molecule has 1 heterocycles. The number of piperidine rings is 1.